The predicted octanol–water partition coefficient (Wildman–Crippen LogP) is 3.73. The van der Waals surface area contributed by atoms with Crippen LogP contribution in [-0.2, 0) is 0 Å². The average Bonchev–Trinajstić information content (AvgIpc) is 2.70. The Balaban J connectivity index is 1.67. The first kappa shape index (κ1) is 20.1. The Morgan fingerprint density at radius 1 is 1.29 bits per heavy atom. The Hall–Kier alpha value is -2.60. The third kappa shape index (κ3) is 5.01. The molecule has 6 heteroatoms. The summed E-state index contributed by atoms with van der Waals surface area (Å²) in [5.41, 5.74) is 1.76. The van der Waals surface area contributed by atoms with Gasteiger partial charge in [0.1, 0.15) is 11.6 Å². The van der Waals surface area contributed by atoms with Gasteiger partial charge >= 0.3 is 0 Å². The summed E-state index contributed by atoms with van der Waals surface area (Å²) in [7, 11) is 0. The maximum atomic E-state index is 10.1. The Labute approximate surface area is 167 Å². The molecule has 1 aromatic heterocycles. The minimum absolute atomic E-state index is 0.241. The highest BCUT2D eigenvalue weighted by atomic mass is 16.3. The molecule has 2 heterocycles. The van der Waals surface area contributed by atoms with Gasteiger partial charge in [0.15, 0.2) is 0 Å². The van der Waals surface area contributed by atoms with Crippen molar-refractivity contribution in [2.75, 3.05) is 31.1 Å². The van der Waals surface area contributed by atoms with Crippen LogP contribution < -0.4 is 10.2 Å². The van der Waals surface area contributed by atoms with Gasteiger partial charge in [-0.1, -0.05) is 19.9 Å². The summed E-state index contributed by atoms with van der Waals surface area (Å²) in [5, 5.41) is 14.5. The quantitative estimate of drug-likeness (QED) is 0.693. The molecule has 1 aliphatic rings. The van der Waals surface area contributed by atoms with Crippen molar-refractivity contribution in [2.45, 2.75) is 39.7 Å². The monoisotopic (exact) mass is 381 g/mol. The fourth-order valence-electron chi connectivity index (χ4n) is 3.57. The molecule has 0 spiro atoms. The molecule has 0 fully saturated rings. The first-order valence-corrected chi connectivity index (χ1v) is 10.2. The van der Waals surface area contributed by atoms with E-state index < -0.39 is 0 Å². The summed E-state index contributed by atoms with van der Waals surface area (Å²) in [6.07, 6.45) is 7.94. The standard InChI is InChI=1S/C22H31N5O/c1-4-26(5-2)12-7-8-17(3)25-21-16-27(13-11-23-21)20-15-19(28)14-18-9-6-10-24-22(18)20/h6,9-11,14-17,25,28H,4-5,7-8,12-13H2,1-3H3. The van der Waals surface area contributed by atoms with Gasteiger partial charge in [-0.15, -0.1) is 0 Å². The number of hydrogen-bond acceptors (Lipinski definition) is 6. The molecule has 0 radical (unpaired) electrons. The van der Waals surface area contributed by atoms with Crippen LogP contribution in [0.25, 0.3) is 10.9 Å². The molecule has 1 atom stereocenters. The van der Waals surface area contributed by atoms with Gasteiger partial charge < -0.3 is 20.2 Å². The number of pyridine rings is 1. The van der Waals surface area contributed by atoms with Gasteiger partial charge in [-0.05, 0) is 51.5 Å². The van der Waals surface area contributed by atoms with E-state index in [2.05, 4.69) is 45.9 Å². The molecule has 28 heavy (non-hydrogen) atoms. The van der Waals surface area contributed by atoms with Gasteiger partial charge in [0.05, 0.1) is 17.7 Å². The highest BCUT2D eigenvalue weighted by Crippen LogP contribution is 2.30. The number of aromatic nitrogens is 1. The van der Waals surface area contributed by atoms with E-state index in [1.54, 1.807) is 18.3 Å². The summed E-state index contributed by atoms with van der Waals surface area (Å²) in [5.74, 6) is 1.08. The third-order valence-electron chi connectivity index (χ3n) is 5.17. The number of phenols is 1. The summed E-state index contributed by atoms with van der Waals surface area (Å²) >= 11 is 0. The smallest absolute Gasteiger partial charge is 0.142 e. The topological polar surface area (TPSA) is 64.0 Å². The zero-order valence-corrected chi connectivity index (χ0v) is 17.1. The number of anilines is 1. The molecule has 1 aliphatic heterocycles. The van der Waals surface area contributed by atoms with Crippen LogP contribution >= 0.6 is 0 Å². The van der Waals surface area contributed by atoms with Crippen molar-refractivity contribution < 1.29 is 5.11 Å². The van der Waals surface area contributed by atoms with Crippen molar-refractivity contribution in [3.05, 3.63) is 42.5 Å². The first-order chi connectivity index (χ1) is 13.6. The highest BCUT2D eigenvalue weighted by molar-refractivity contribution is 5.93. The molecular weight excluding hydrogens is 350 g/mol. The highest BCUT2D eigenvalue weighted by Gasteiger charge is 2.15. The zero-order valence-electron chi connectivity index (χ0n) is 17.1. The number of rotatable bonds is 9. The van der Waals surface area contributed by atoms with Gasteiger partial charge in [-0.25, -0.2) is 4.99 Å². The molecule has 0 saturated carbocycles. The second-order valence-corrected chi connectivity index (χ2v) is 7.23. The van der Waals surface area contributed by atoms with Gasteiger partial charge in [0.25, 0.3) is 0 Å². The number of benzene rings is 1. The number of nitrogens with zero attached hydrogens (tertiary/aromatic N) is 4. The van der Waals surface area contributed by atoms with E-state index in [9.17, 15) is 5.11 Å². The van der Waals surface area contributed by atoms with Crippen LogP contribution in [0.2, 0.25) is 0 Å². The Kier molecular flexibility index (Phi) is 6.87. The van der Waals surface area contributed by atoms with Crippen molar-refractivity contribution in [3.63, 3.8) is 0 Å². The maximum absolute atomic E-state index is 10.1. The number of phenolic OH excluding ortho intramolecular Hbond substituents is 1. The molecule has 0 saturated heterocycles. The fourth-order valence-corrected chi connectivity index (χ4v) is 3.57. The van der Waals surface area contributed by atoms with Crippen molar-refractivity contribution in [2.24, 2.45) is 4.99 Å². The molecule has 2 N–H and O–H groups in total. The SMILES string of the molecule is CCN(CC)CCCC(C)NC1=CN(c2cc(O)cc3cccnc23)CC=N1. The molecule has 1 aromatic carbocycles. The van der Waals surface area contributed by atoms with Gasteiger partial charge in [0.2, 0.25) is 0 Å². The van der Waals surface area contributed by atoms with Crippen molar-refractivity contribution in [1.82, 2.24) is 15.2 Å². The normalized spacial score (nSPS) is 15.1. The lowest BCUT2D eigenvalue weighted by Crippen LogP contribution is -2.32. The van der Waals surface area contributed by atoms with E-state index in [-0.39, 0.29) is 5.75 Å². The van der Waals surface area contributed by atoms with Crippen LogP contribution in [0.5, 0.6) is 5.75 Å². The van der Waals surface area contributed by atoms with E-state index in [1.807, 2.05) is 24.5 Å². The number of aliphatic imine (C=N–C) groups is 1. The second kappa shape index (κ2) is 9.55. The molecule has 0 bridgehead atoms. The average molecular weight is 382 g/mol. The minimum Gasteiger partial charge on any atom is -0.508 e. The largest absolute Gasteiger partial charge is 0.508 e. The number of fused-ring (bicyclic) bond motifs is 1. The molecule has 2 aromatic rings. The van der Waals surface area contributed by atoms with Crippen molar-refractivity contribution >= 4 is 22.8 Å². The predicted molar refractivity (Wildman–Crippen MR) is 117 cm³/mol. The molecule has 0 amide bonds. The summed E-state index contributed by atoms with van der Waals surface area (Å²) in [6.45, 7) is 10.6. The Morgan fingerprint density at radius 3 is 2.89 bits per heavy atom. The van der Waals surface area contributed by atoms with Crippen LogP contribution in [0.4, 0.5) is 5.69 Å². The number of aromatic hydroxyl groups is 1. The van der Waals surface area contributed by atoms with Crippen LogP contribution in [-0.4, -0.2) is 53.4 Å². The molecule has 6 nitrogen and oxygen atoms in total. The van der Waals surface area contributed by atoms with Crippen LogP contribution in [0.3, 0.4) is 0 Å². The summed E-state index contributed by atoms with van der Waals surface area (Å²) < 4.78 is 0. The lowest BCUT2D eigenvalue weighted by molar-refractivity contribution is 0.292. The van der Waals surface area contributed by atoms with E-state index in [4.69, 9.17) is 0 Å². The third-order valence-corrected chi connectivity index (χ3v) is 5.17. The van der Waals surface area contributed by atoms with E-state index in [0.717, 1.165) is 54.9 Å². The van der Waals surface area contributed by atoms with Crippen LogP contribution in [0.15, 0.2) is 47.5 Å². The van der Waals surface area contributed by atoms with E-state index >= 15 is 0 Å². The van der Waals surface area contributed by atoms with Gasteiger partial charge in [0, 0.05) is 36.1 Å². The Bertz CT molecular complexity index is 844. The lowest BCUT2D eigenvalue weighted by Gasteiger charge is -2.26. The zero-order chi connectivity index (χ0) is 19.9. The lowest BCUT2D eigenvalue weighted by atomic mass is 10.1. The van der Waals surface area contributed by atoms with E-state index in [1.165, 1.54) is 0 Å². The molecule has 1 unspecified atom stereocenters. The van der Waals surface area contributed by atoms with Gasteiger partial charge in [-0.3, -0.25) is 4.98 Å². The van der Waals surface area contributed by atoms with Crippen molar-refractivity contribution in [1.29, 1.82) is 0 Å². The minimum atomic E-state index is 0.241. The molecular formula is C22H31N5O. The Morgan fingerprint density at radius 2 is 2.11 bits per heavy atom. The number of hydrogen-bond donors (Lipinski definition) is 2. The summed E-state index contributed by atoms with van der Waals surface area (Å²) in [4.78, 5) is 13.5. The maximum Gasteiger partial charge on any atom is 0.142 e. The van der Waals surface area contributed by atoms with Crippen LogP contribution in [0, 0.1) is 0 Å². The molecule has 0 aliphatic carbocycles. The molecule has 150 valence electrons. The second-order valence-electron chi connectivity index (χ2n) is 7.23. The number of nitrogens with one attached hydrogen (secondary N) is 1. The fraction of sp³-hybridized carbons (Fsp3) is 0.455. The van der Waals surface area contributed by atoms with E-state index in [0.29, 0.717) is 12.6 Å². The van der Waals surface area contributed by atoms with Crippen LogP contribution in [0.1, 0.15) is 33.6 Å². The van der Waals surface area contributed by atoms with Gasteiger partial charge in [-0.2, -0.15) is 0 Å². The van der Waals surface area contributed by atoms with Crippen molar-refractivity contribution in [3.8, 4) is 5.75 Å². The molecule has 3 rings (SSSR count). The summed E-state index contributed by atoms with van der Waals surface area (Å²) in [6, 6.07) is 7.69. The first-order valence-electron chi connectivity index (χ1n) is 10.2.